The Kier molecular flexibility index (Phi) is 15.4. The number of hydrogen-bond donors (Lipinski definition) is 0. The highest BCUT2D eigenvalue weighted by atomic mass is 31.2. The van der Waals surface area contributed by atoms with Gasteiger partial charge in [-0.05, 0) is 73.1 Å². The van der Waals surface area contributed by atoms with Gasteiger partial charge in [-0.15, -0.1) is 0 Å². The number of benzene rings is 1. The first-order valence-electron chi connectivity index (χ1n) is 18.2. The van der Waals surface area contributed by atoms with Crippen molar-refractivity contribution in [1.82, 2.24) is 4.57 Å². The van der Waals surface area contributed by atoms with Crippen LogP contribution in [0.5, 0.6) is 0 Å². The summed E-state index contributed by atoms with van der Waals surface area (Å²) in [6.07, 6.45) is 6.44. The van der Waals surface area contributed by atoms with Gasteiger partial charge in [-0.1, -0.05) is 86.6 Å². The van der Waals surface area contributed by atoms with Crippen molar-refractivity contribution in [3.05, 3.63) is 48.5 Å². The second-order valence-electron chi connectivity index (χ2n) is 16.6. The highest BCUT2D eigenvalue weighted by Gasteiger charge is 2.68. The van der Waals surface area contributed by atoms with Crippen molar-refractivity contribution in [3.8, 4) is 0 Å². The molecule has 1 aromatic heterocycles. The molecule has 288 valence electrons. The molecule has 0 N–H and O–H groups in total. The van der Waals surface area contributed by atoms with Gasteiger partial charge in [-0.25, -0.2) is 9.13 Å². The van der Waals surface area contributed by atoms with Gasteiger partial charge < -0.3 is 26.6 Å². The third-order valence-electron chi connectivity index (χ3n) is 9.73. The van der Waals surface area contributed by atoms with E-state index in [1.54, 1.807) is 27.7 Å². The number of rotatable bonds is 19. The molecule has 0 atom stereocenters. The van der Waals surface area contributed by atoms with Gasteiger partial charge in [0, 0.05) is 6.42 Å². The molecule has 14 heteroatoms. The molecule has 1 heterocycles. The lowest BCUT2D eigenvalue weighted by Gasteiger charge is -2.48. The molecule has 1 aromatic carbocycles. The number of aromatic nitrogens is 2. The second-order valence-corrected chi connectivity index (χ2v) is 31.0. The SMILES string of the molecule is CCOP(=O)(OCC)C(CCCn1cc[n+](Cc2ccc([Si](F)(C(C)(C)C)C(C)(C)C)cc2)c1)(O[Si](C)(C)C(C)(C)C)P(=O)(OCC)OCC. The lowest BCUT2D eigenvalue weighted by Crippen LogP contribution is -2.57. The summed E-state index contributed by atoms with van der Waals surface area (Å²) in [5.74, 6) is 0. The van der Waals surface area contributed by atoms with Gasteiger partial charge in [0.25, 0.3) is 13.5 Å². The third kappa shape index (κ3) is 9.58. The molecule has 0 aliphatic rings. The number of nitrogens with zero attached hydrogens (tertiary/aromatic N) is 2. The molecule has 0 amide bonds. The van der Waals surface area contributed by atoms with Gasteiger partial charge in [0.1, 0.15) is 18.9 Å². The molecule has 0 spiro atoms. The van der Waals surface area contributed by atoms with E-state index in [2.05, 4.69) is 25.3 Å². The Bertz CT molecular complexity index is 1400. The van der Waals surface area contributed by atoms with Crippen molar-refractivity contribution in [1.29, 1.82) is 0 Å². The van der Waals surface area contributed by atoms with Gasteiger partial charge in [0.15, 0.2) is 8.32 Å². The van der Waals surface area contributed by atoms with E-state index in [9.17, 15) is 9.13 Å². The lowest BCUT2D eigenvalue weighted by molar-refractivity contribution is -0.687. The van der Waals surface area contributed by atoms with E-state index in [0.717, 1.165) is 10.8 Å². The first-order valence-corrected chi connectivity index (χ1v) is 26.0. The Morgan fingerprint density at radius 1 is 0.740 bits per heavy atom. The van der Waals surface area contributed by atoms with Crippen LogP contribution >= 0.6 is 15.2 Å². The van der Waals surface area contributed by atoms with Crippen LogP contribution in [0.3, 0.4) is 0 Å². The van der Waals surface area contributed by atoms with Crippen LogP contribution in [0.15, 0.2) is 43.0 Å². The molecule has 0 saturated carbocycles. The molecular weight excluding hydrogens is 710 g/mol. The summed E-state index contributed by atoms with van der Waals surface area (Å²) in [5, 5.41) is -2.35. The van der Waals surface area contributed by atoms with Crippen molar-refractivity contribution < 1.29 is 40.3 Å². The molecule has 2 rings (SSSR count). The van der Waals surface area contributed by atoms with E-state index < -0.39 is 47.1 Å². The summed E-state index contributed by atoms with van der Waals surface area (Å²) >= 11 is 0. The summed E-state index contributed by atoms with van der Waals surface area (Å²) < 4.78 is 81.6. The topological polar surface area (TPSA) is 89.1 Å². The number of hydrogen-bond acceptors (Lipinski definition) is 7. The van der Waals surface area contributed by atoms with E-state index in [-0.39, 0.29) is 37.9 Å². The Morgan fingerprint density at radius 2 is 1.18 bits per heavy atom. The van der Waals surface area contributed by atoms with Gasteiger partial charge >= 0.3 is 15.2 Å². The number of imidazole rings is 1. The number of halogens is 1. The van der Waals surface area contributed by atoms with E-state index in [0.29, 0.717) is 19.5 Å². The zero-order chi connectivity index (χ0) is 38.5. The van der Waals surface area contributed by atoms with Gasteiger partial charge in [0.05, 0.1) is 33.0 Å². The van der Waals surface area contributed by atoms with Crippen molar-refractivity contribution in [3.63, 3.8) is 0 Å². The molecule has 0 aliphatic heterocycles. The smallest absolute Gasteiger partial charge is 0.373 e. The maximum absolute atomic E-state index is 16.8. The lowest BCUT2D eigenvalue weighted by atomic mass is 10.2. The zero-order valence-electron chi connectivity index (χ0n) is 33.7. The standard InChI is InChI=1S/C36H68FN2O7P2Si2/c1-16-42-47(40,43-17-2)36(46-49(14,15)33(5,6)7,48(41,44-18-3)45-19-4)25-20-26-38-27-28-39(30-38)29-31-21-23-32(24-22-31)50(37,34(8,9)10)35(11,12)13/h21-24,27-28,30H,16-20,25-26,29H2,1-15H3/q+1. The van der Waals surface area contributed by atoms with E-state index in [1.807, 2.05) is 102 Å². The number of aryl methyl sites for hydroxylation is 1. The Morgan fingerprint density at radius 3 is 1.56 bits per heavy atom. The molecular formula is C36H68FN2O7P2Si2+. The average molecular weight is 778 g/mol. The average Bonchev–Trinajstić information content (AvgIpc) is 3.42. The van der Waals surface area contributed by atoms with Gasteiger partial charge in [-0.3, -0.25) is 9.13 Å². The fourth-order valence-electron chi connectivity index (χ4n) is 6.50. The summed E-state index contributed by atoms with van der Waals surface area (Å²) in [5.41, 5.74) is 1.07. The fourth-order valence-corrected chi connectivity index (χ4v) is 19.7. The van der Waals surface area contributed by atoms with Crippen LogP contribution in [0.1, 0.15) is 108 Å². The molecule has 0 bridgehead atoms. The monoisotopic (exact) mass is 777 g/mol. The van der Waals surface area contributed by atoms with Crippen LogP contribution in [-0.4, -0.2) is 52.8 Å². The third-order valence-corrected chi connectivity index (χ3v) is 26.0. The highest BCUT2D eigenvalue weighted by Crippen LogP contribution is 2.80. The molecule has 0 unspecified atom stereocenters. The van der Waals surface area contributed by atoms with Gasteiger partial charge in [-0.2, -0.15) is 0 Å². The molecule has 9 nitrogen and oxygen atoms in total. The van der Waals surface area contributed by atoms with E-state index in [1.165, 1.54) is 0 Å². The minimum atomic E-state index is -4.25. The first-order chi connectivity index (χ1) is 22.8. The molecule has 0 aliphatic carbocycles. The normalized spacial score (nSPS) is 14.4. The largest absolute Gasteiger partial charge is 0.392 e. The minimum absolute atomic E-state index is 0.0597. The predicted molar refractivity (Wildman–Crippen MR) is 208 cm³/mol. The second kappa shape index (κ2) is 17.0. The van der Waals surface area contributed by atoms with Crippen molar-refractivity contribution >= 4 is 37.1 Å². The molecule has 0 fully saturated rings. The van der Waals surface area contributed by atoms with E-state index in [4.69, 9.17) is 22.5 Å². The van der Waals surface area contributed by atoms with Crippen LogP contribution in [0.4, 0.5) is 4.11 Å². The van der Waals surface area contributed by atoms with Crippen molar-refractivity contribution in [2.24, 2.45) is 0 Å². The van der Waals surface area contributed by atoms with Crippen molar-refractivity contribution in [2.45, 2.75) is 149 Å². The Balaban J connectivity index is 2.47. The summed E-state index contributed by atoms with van der Waals surface area (Å²) in [4.78, 5) is 0. The summed E-state index contributed by atoms with van der Waals surface area (Å²) in [7, 11) is -14.6. The summed E-state index contributed by atoms with van der Waals surface area (Å²) in [6.45, 7) is 30.6. The maximum Gasteiger partial charge on any atom is 0.373 e. The zero-order valence-corrected chi connectivity index (χ0v) is 37.5. The fraction of sp³-hybridized carbons (Fsp3) is 0.750. The Labute approximate surface area is 305 Å². The molecule has 0 radical (unpaired) electrons. The quantitative estimate of drug-likeness (QED) is 0.0607. The summed E-state index contributed by atoms with van der Waals surface area (Å²) in [6, 6.07) is 8.01. The maximum atomic E-state index is 16.8. The highest BCUT2D eigenvalue weighted by molar-refractivity contribution is 7.74. The van der Waals surface area contributed by atoms with Crippen LogP contribution < -0.4 is 9.75 Å². The van der Waals surface area contributed by atoms with Crippen LogP contribution in [-0.2, 0) is 44.7 Å². The Hall–Kier alpha value is -0.946. The molecule has 2 aromatic rings. The van der Waals surface area contributed by atoms with Crippen LogP contribution in [0.2, 0.25) is 28.2 Å². The van der Waals surface area contributed by atoms with Gasteiger partial charge in [0.2, 0.25) is 6.33 Å². The van der Waals surface area contributed by atoms with E-state index >= 15 is 4.11 Å². The molecule has 50 heavy (non-hydrogen) atoms. The van der Waals surface area contributed by atoms with Crippen molar-refractivity contribution in [2.75, 3.05) is 26.4 Å². The van der Waals surface area contributed by atoms with Crippen LogP contribution in [0.25, 0.3) is 0 Å². The molecule has 0 saturated heterocycles. The first kappa shape index (κ1) is 45.2. The predicted octanol–water partition coefficient (Wildman–Crippen LogP) is 10.5. The minimum Gasteiger partial charge on any atom is -0.392 e. The van der Waals surface area contributed by atoms with Crippen LogP contribution in [0, 0.1) is 0 Å².